The molecule has 11 nitrogen and oxygen atoms in total. The molecule has 1 aromatic carbocycles. The van der Waals surface area contributed by atoms with Crippen molar-refractivity contribution in [2.75, 3.05) is 13.1 Å². The maximum atomic E-state index is 12.9. The lowest BCUT2D eigenvalue weighted by Crippen LogP contribution is -2.55. The van der Waals surface area contributed by atoms with Crippen molar-refractivity contribution in [2.24, 2.45) is 11.7 Å². The van der Waals surface area contributed by atoms with E-state index in [1.807, 2.05) is 19.9 Å². The molecule has 0 aromatic heterocycles. The first-order valence-electron chi connectivity index (χ1n) is 11.4. The van der Waals surface area contributed by atoms with Gasteiger partial charge in [-0.2, -0.15) is 0 Å². The number of benzene rings is 1. The van der Waals surface area contributed by atoms with Gasteiger partial charge in [0.15, 0.2) is 0 Å². The molecule has 0 aliphatic heterocycles. The lowest BCUT2D eigenvalue weighted by molar-refractivity contribution is -0.131. The summed E-state index contributed by atoms with van der Waals surface area (Å²) < 4.78 is 5.03. The summed E-state index contributed by atoms with van der Waals surface area (Å²) in [4.78, 5) is 60.8. The molecule has 11 heteroatoms. The maximum Gasteiger partial charge on any atom is 0.408 e. The summed E-state index contributed by atoms with van der Waals surface area (Å²) in [5, 5.41) is 9.85. The van der Waals surface area contributed by atoms with E-state index < -0.39 is 54.0 Å². The summed E-state index contributed by atoms with van der Waals surface area (Å²) in [5.74, 6) is -2.35. The average Bonchev–Trinajstić information content (AvgIpc) is 2.74. The standard InChI is InChI=1S/C24H37N5O6/c1-15(2)11-17(21(25)32)29-22(33)18(12-16-9-7-6-8-10-16)28-20(31)14-26-19(30)13-27-23(34)35-24(3,4)5/h6-10,15,17-18H,11-14H2,1-5H3,(H2,25,32)(H,26,30)(H,27,34)(H,28,31)(H,29,33)/t17-,18-/m0/s1. The van der Waals surface area contributed by atoms with Crippen LogP contribution in [0.2, 0.25) is 0 Å². The molecule has 1 rings (SSSR count). The Morgan fingerprint density at radius 3 is 2.03 bits per heavy atom. The van der Waals surface area contributed by atoms with Gasteiger partial charge in [-0.15, -0.1) is 0 Å². The molecule has 0 radical (unpaired) electrons. The molecule has 194 valence electrons. The van der Waals surface area contributed by atoms with Crippen molar-refractivity contribution in [3.8, 4) is 0 Å². The first kappa shape index (κ1) is 29.4. The second kappa shape index (κ2) is 13.9. The van der Waals surface area contributed by atoms with Gasteiger partial charge >= 0.3 is 6.09 Å². The minimum absolute atomic E-state index is 0.111. The molecule has 0 saturated carbocycles. The molecule has 0 saturated heterocycles. The van der Waals surface area contributed by atoms with E-state index in [0.29, 0.717) is 6.42 Å². The Labute approximate surface area is 205 Å². The number of carbonyl (C=O) groups excluding carboxylic acids is 5. The van der Waals surface area contributed by atoms with Gasteiger partial charge < -0.3 is 31.7 Å². The van der Waals surface area contributed by atoms with Crippen molar-refractivity contribution in [3.63, 3.8) is 0 Å². The Morgan fingerprint density at radius 1 is 0.886 bits per heavy atom. The number of nitrogens with two attached hydrogens (primary N) is 1. The first-order valence-corrected chi connectivity index (χ1v) is 11.4. The summed E-state index contributed by atoms with van der Waals surface area (Å²) in [6, 6.07) is 7.15. The van der Waals surface area contributed by atoms with Crippen LogP contribution in [0.15, 0.2) is 30.3 Å². The Hall–Kier alpha value is -3.63. The van der Waals surface area contributed by atoms with Crippen molar-refractivity contribution < 1.29 is 28.7 Å². The monoisotopic (exact) mass is 491 g/mol. The summed E-state index contributed by atoms with van der Waals surface area (Å²) in [7, 11) is 0. The molecule has 0 aliphatic rings. The number of alkyl carbamates (subject to hydrolysis) is 1. The van der Waals surface area contributed by atoms with Crippen LogP contribution in [0.25, 0.3) is 0 Å². The quantitative estimate of drug-likeness (QED) is 0.283. The third kappa shape index (κ3) is 13.0. The molecule has 0 aliphatic carbocycles. The van der Waals surface area contributed by atoms with Gasteiger partial charge in [0.1, 0.15) is 24.2 Å². The van der Waals surface area contributed by atoms with Crippen LogP contribution in [0.5, 0.6) is 0 Å². The lowest BCUT2D eigenvalue weighted by atomic mass is 10.0. The van der Waals surface area contributed by atoms with Crippen LogP contribution in [0.1, 0.15) is 46.6 Å². The number of amides is 5. The number of ether oxygens (including phenoxy) is 1. The average molecular weight is 492 g/mol. The molecule has 0 heterocycles. The van der Waals surface area contributed by atoms with Crippen LogP contribution >= 0.6 is 0 Å². The zero-order chi connectivity index (χ0) is 26.6. The van der Waals surface area contributed by atoms with Gasteiger partial charge in [0.2, 0.25) is 23.6 Å². The fourth-order valence-electron chi connectivity index (χ4n) is 3.00. The number of hydrogen-bond acceptors (Lipinski definition) is 6. The Kier molecular flexibility index (Phi) is 11.7. The number of primary amides is 1. The van der Waals surface area contributed by atoms with E-state index in [0.717, 1.165) is 5.56 Å². The third-order valence-corrected chi connectivity index (χ3v) is 4.54. The predicted octanol–water partition coefficient (Wildman–Crippen LogP) is 0.371. The van der Waals surface area contributed by atoms with Crippen molar-refractivity contribution in [2.45, 2.75) is 65.1 Å². The molecule has 0 bridgehead atoms. The number of hydrogen-bond donors (Lipinski definition) is 5. The Bertz CT molecular complexity index is 882. The van der Waals surface area contributed by atoms with E-state index in [1.165, 1.54) is 0 Å². The minimum Gasteiger partial charge on any atom is -0.444 e. The molecule has 35 heavy (non-hydrogen) atoms. The van der Waals surface area contributed by atoms with Crippen molar-refractivity contribution in [1.82, 2.24) is 21.3 Å². The van der Waals surface area contributed by atoms with Crippen LogP contribution in [-0.4, -0.2) is 60.5 Å². The van der Waals surface area contributed by atoms with Gasteiger partial charge in [-0.05, 0) is 38.7 Å². The largest absolute Gasteiger partial charge is 0.444 e. The highest BCUT2D eigenvalue weighted by molar-refractivity contribution is 5.93. The number of carbonyl (C=O) groups is 5. The fraction of sp³-hybridized carbons (Fsp3) is 0.542. The molecular weight excluding hydrogens is 454 g/mol. The molecule has 1 aromatic rings. The number of rotatable bonds is 12. The molecule has 0 spiro atoms. The topological polar surface area (TPSA) is 169 Å². The summed E-state index contributed by atoms with van der Waals surface area (Å²) in [5.41, 5.74) is 5.50. The van der Waals surface area contributed by atoms with Crippen LogP contribution < -0.4 is 27.0 Å². The van der Waals surface area contributed by atoms with Crippen LogP contribution in [0.3, 0.4) is 0 Å². The third-order valence-electron chi connectivity index (χ3n) is 4.54. The minimum atomic E-state index is -1.00. The van der Waals surface area contributed by atoms with E-state index in [2.05, 4.69) is 21.3 Å². The van der Waals surface area contributed by atoms with Gasteiger partial charge in [-0.25, -0.2) is 4.79 Å². The molecule has 2 atom stereocenters. The second-order valence-electron chi connectivity index (χ2n) is 9.54. The van der Waals surface area contributed by atoms with E-state index in [9.17, 15) is 24.0 Å². The first-order chi connectivity index (χ1) is 16.3. The van der Waals surface area contributed by atoms with Crippen LogP contribution in [-0.2, 0) is 30.3 Å². The molecule has 0 unspecified atom stereocenters. The zero-order valence-electron chi connectivity index (χ0n) is 21.0. The summed E-state index contributed by atoms with van der Waals surface area (Å²) in [6.07, 6.45) is -0.241. The van der Waals surface area contributed by atoms with Gasteiger partial charge in [0.05, 0.1) is 6.54 Å². The molecule has 6 N–H and O–H groups in total. The van der Waals surface area contributed by atoms with Crippen molar-refractivity contribution in [1.29, 1.82) is 0 Å². The van der Waals surface area contributed by atoms with Gasteiger partial charge in [0.25, 0.3) is 0 Å². The maximum absolute atomic E-state index is 12.9. The highest BCUT2D eigenvalue weighted by Gasteiger charge is 2.26. The molecular formula is C24H37N5O6. The smallest absolute Gasteiger partial charge is 0.408 e. The fourth-order valence-corrected chi connectivity index (χ4v) is 3.00. The summed E-state index contributed by atoms with van der Waals surface area (Å²) in [6.45, 7) is 8.05. The van der Waals surface area contributed by atoms with Crippen LogP contribution in [0.4, 0.5) is 4.79 Å². The summed E-state index contributed by atoms with van der Waals surface area (Å²) >= 11 is 0. The van der Waals surface area contributed by atoms with Gasteiger partial charge in [0, 0.05) is 6.42 Å². The lowest BCUT2D eigenvalue weighted by Gasteiger charge is -2.23. The van der Waals surface area contributed by atoms with Gasteiger partial charge in [-0.1, -0.05) is 44.2 Å². The molecule has 5 amide bonds. The SMILES string of the molecule is CC(C)C[C@H](NC(=O)[C@H](Cc1ccccc1)NC(=O)CNC(=O)CNC(=O)OC(C)(C)C)C(N)=O. The van der Waals surface area contributed by atoms with Crippen molar-refractivity contribution >= 4 is 29.7 Å². The highest BCUT2D eigenvalue weighted by Crippen LogP contribution is 2.08. The Morgan fingerprint density at radius 2 is 1.49 bits per heavy atom. The second-order valence-corrected chi connectivity index (χ2v) is 9.54. The van der Waals surface area contributed by atoms with E-state index in [-0.39, 0.29) is 18.9 Å². The number of nitrogens with one attached hydrogen (secondary N) is 4. The van der Waals surface area contributed by atoms with E-state index in [1.54, 1.807) is 45.0 Å². The highest BCUT2D eigenvalue weighted by atomic mass is 16.6. The zero-order valence-corrected chi connectivity index (χ0v) is 21.0. The van der Waals surface area contributed by atoms with Crippen molar-refractivity contribution in [3.05, 3.63) is 35.9 Å². The molecule has 0 fully saturated rings. The van der Waals surface area contributed by atoms with Crippen LogP contribution in [0, 0.1) is 5.92 Å². The van der Waals surface area contributed by atoms with Gasteiger partial charge in [-0.3, -0.25) is 19.2 Å². The normalized spacial score (nSPS) is 12.7. The Balaban J connectivity index is 2.72. The van der Waals surface area contributed by atoms with E-state index >= 15 is 0 Å². The van der Waals surface area contributed by atoms with E-state index in [4.69, 9.17) is 10.5 Å². The predicted molar refractivity (Wildman–Crippen MR) is 130 cm³/mol.